The van der Waals surface area contributed by atoms with E-state index in [0.717, 1.165) is 22.1 Å². The van der Waals surface area contributed by atoms with Gasteiger partial charge in [-0.1, -0.05) is 0 Å². The number of carbonyl (C=O) groups is 1. The van der Waals surface area contributed by atoms with E-state index in [0.29, 0.717) is 18.0 Å². The number of nitrogens with one attached hydrogen (secondary N) is 1. The standard InChI is InChI=1S/C18H19N3O2S/c1-4-23-14-8-6-13(7-9-14)19-17(22)15-11-24-18(20-15)16-10-5-12(2)21(16)3/h5-11H,4H2,1-3H3,(H,19,22). The van der Waals surface area contributed by atoms with Crippen LogP contribution in [0.2, 0.25) is 0 Å². The van der Waals surface area contributed by atoms with E-state index in [2.05, 4.69) is 14.9 Å². The summed E-state index contributed by atoms with van der Waals surface area (Å²) in [5.41, 5.74) is 3.30. The molecular formula is C18H19N3O2S. The topological polar surface area (TPSA) is 56.1 Å². The SMILES string of the molecule is CCOc1ccc(NC(=O)c2csc(-c3ccc(C)n3C)n2)cc1. The van der Waals surface area contributed by atoms with Crippen LogP contribution in [-0.2, 0) is 7.05 Å². The molecule has 3 aromatic rings. The number of rotatable bonds is 5. The molecule has 5 nitrogen and oxygen atoms in total. The molecule has 0 aliphatic carbocycles. The van der Waals surface area contributed by atoms with E-state index in [9.17, 15) is 4.79 Å². The molecule has 0 unspecified atom stereocenters. The Morgan fingerprint density at radius 2 is 2.00 bits per heavy atom. The van der Waals surface area contributed by atoms with Crippen LogP contribution >= 0.6 is 11.3 Å². The monoisotopic (exact) mass is 341 g/mol. The van der Waals surface area contributed by atoms with Crippen molar-refractivity contribution < 1.29 is 9.53 Å². The minimum atomic E-state index is -0.215. The Hall–Kier alpha value is -2.60. The fourth-order valence-corrected chi connectivity index (χ4v) is 3.18. The predicted octanol–water partition coefficient (Wildman–Crippen LogP) is 4.11. The molecule has 0 bridgehead atoms. The zero-order valence-electron chi connectivity index (χ0n) is 13.9. The number of ether oxygens (including phenoxy) is 1. The summed E-state index contributed by atoms with van der Waals surface area (Å²) >= 11 is 1.47. The summed E-state index contributed by atoms with van der Waals surface area (Å²) in [6.07, 6.45) is 0. The van der Waals surface area contributed by atoms with Gasteiger partial charge in [0.05, 0.1) is 12.3 Å². The second kappa shape index (κ2) is 6.88. The first-order chi connectivity index (χ1) is 11.6. The average molecular weight is 341 g/mol. The van der Waals surface area contributed by atoms with Crippen LogP contribution in [0.25, 0.3) is 10.7 Å². The van der Waals surface area contributed by atoms with E-state index in [1.165, 1.54) is 11.3 Å². The van der Waals surface area contributed by atoms with E-state index in [-0.39, 0.29) is 5.91 Å². The summed E-state index contributed by atoms with van der Waals surface area (Å²) in [6, 6.07) is 11.4. The number of hydrogen-bond acceptors (Lipinski definition) is 4. The number of aromatic nitrogens is 2. The van der Waals surface area contributed by atoms with Crippen LogP contribution < -0.4 is 10.1 Å². The minimum Gasteiger partial charge on any atom is -0.494 e. The highest BCUT2D eigenvalue weighted by Crippen LogP contribution is 2.25. The van der Waals surface area contributed by atoms with Crippen LogP contribution in [0.15, 0.2) is 41.8 Å². The van der Waals surface area contributed by atoms with Gasteiger partial charge in [-0.15, -0.1) is 11.3 Å². The van der Waals surface area contributed by atoms with E-state index in [4.69, 9.17) is 4.74 Å². The van der Waals surface area contributed by atoms with Gasteiger partial charge in [0.25, 0.3) is 5.91 Å². The van der Waals surface area contributed by atoms with Crippen molar-refractivity contribution in [1.82, 2.24) is 9.55 Å². The number of thiazole rings is 1. The first-order valence-electron chi connectivity index (χ1n) is 7.71. The van der Waals surface area contributed by atoms with Gasteiger partial charge in [0, 0.05) is 23.8 Å². The van der Waals surface area contributed by atoms with Crippen molar-refractivity contribution >= 4 is 22.9 Å². The van der Waals surface area contributed by atoms with E-state index in [1.54, 1.807) is 5.38 Å². The second-order valence-corrected chi connectivity index (χ2v) is 6.23. The summed E-state index contributed by atoms with van der Waals surface area (Å²) in [4.78, 5) is 16.8. The lowest BCUT2D eigenvalue weighted by Crippen LogP contribution is -2.12. The number of aryl methyl sites for hydroxylation is 1. The first-order valence-corrected chi connectivity index (χ1v) is 8.59. The molecule has 0 saturated carbocycles. The molecule has 1 aromatic carbocycles. The number of carbonyl (C=O) groups excluding carboxylic acids is 1. The summed E-state index contributed by atoms with van der Waals surface area (Å²) in [6.45, 7) is 4.59. The van der Waals surface area contributed by atoms with E-state index in [1.807, 2.05) is 57.3 Å². The lowest BCUT2D eigenvalue weighted by atomic mass is 10.3. The second-order valence-electron chi connectivity index (χ2n) is 5.37. The van der Waals surface area contributed by atoms with Gasteiger partial charge in [0.15, 0.2) is 0 Å². The van der Waals surface area contributed by atoms with Crippen LogP contribution in [0.4, 0.5) is 5.69 Å². The molecule has 0 fully saturated rings. The van der Waals surface area contributed by atoms with Gasteiger partial charge in [-0.05, 0) is 50.2 Å². The molecule has 124 valence electrons. The van der Waals surface area contributed by atoms with Crippen LogP contribution in [0.3, 0.4) is 0 Å². The van der Waals surface area contributed by atoms with Crippen LogP contribution in [0, 0.1) is 6.92 Å². The Labute approximate surface area is 144 Å². The van der Waals surface area contributed by atoms with Crippen molar-refractivity contribution in [3.63, 3.8) is 0 Å². The van der Waals surface area contributed by atoms with Crippen LogP contribution in [-0.4, -0.2) is 22.1 Å². The third-order valence-corrected chi connectivity index (χ3v) is 4.62. The Morgan fingerprint density at radius 3 is 2.62 bits per heavy atom. The third-order valence-electron chi connectivity index (χ3n) is 3.75. The Morgan fingerprint density at radius 1 is 1.25 bits per heavy atom. The molecule has 0 radical (unpaired) electrons. The van der Waals surface area contributed by atoms with E-state index >= 15 is 0 Å². The molecule has 0 aliphatic rings. The quantitative estimate of drug-likeness (QED) is 0.760. The maximum atomic E-state index is 12.4. The molecule has 3 rings (SSSR count). The van der Waals surface area contributed by atoms with Crippen LogP contribution in [0.1, 0.15) is 23.1 Å². The minimum absolute atomic E-state index is 0.215. The lowest BCUT2D eigenvalue weighted by molar-refractivity contribution is 0.102. The largest absolute Gasteiger partial charge is 0.494 e. The number of amides is 1. The number of nitrogens with zero attached hydrogens (tertiary/aromatic N) is 2. The molecule has 6 heteroatoms. The third kappa shape index (κ3) is 3.33. The molecule has 0 saturated heterocycles. The Kier molecular flexibility index (Phi) is 4.66. The van der Waals surface area contributed by atoms with Crippen molar-refractivity contribution in [2.75, 3.05) is 11.9 Å². The summed E-state index contributed by atoms with van der Waals surface area (Å²) in [5.74, 6) is 0.568. The lowest BCUT2D eigenvalue weighted by Gasteiger charge is -2.06. The number of anilines is 1. The molecule has 0 spiro atoms. The van der Waals surface area contributed by atoms with Gasteiger partial charge in [-0.2, -0.15) is 0 Å². The number of benzene rings is 1. The maximum Gasteiger partial charge on any atom is 0.275 e. The molecule has 1 amide bonds. The Bertz CT molecular complexity index is 850. The molecule has 2 aromatic heterocycles. The highest BCUT2D eigenvalue weighted by Gasteiger charge is 2.14. The summed E-state index contributed by atoms with van der Waals surface area (Å²) in [7, 11) is 1.99. The van der Waals surface area contributed by atoms with Gasteiger partial charge in [-0.3, -0.25) is 4.79 Å². The smallest absolute Gasteiger partial charge is 0.275 e. The highest BCUT2D eigenvalue weighted by molar-refractivity contribution is 7.13. The predicted molar refractivity (Wildman–Crippen MR) is 96.8 cm³/mol. The molecule has 0 atom stereocenters. The van der Waals surface area contributed by atoms with Gasteiger partial charge in [0.2, 0.25) is 0 Å². The zero-order valence-corrected chi connectivity index (χ0v) is 14.7. The molecule has 1 N–H and O–H groups in total. The van der Waals surface area contributed by atoms with Gasteiger partial charge in [-0.25, -0.2) is 4.98 Å². The molecule has 2 heterocycles. The van der Waals surface area contributed by atoms with Crippen molar-refractivity contribution in [3.05, 3.63) is 53.2 Å². The molecular weight excluding hydrogens is 322 g/mol. The maximum absolute atomic E-state index is 12.4. The zero-order chi connectivity index (χ0) is 17.1. The fraction of sp³-hybridized carbons (Fsp3) is 0.222. The highest BCUT2D eigenvalue weighted by atomic mass is 32.1. The Balaban J connectivity index is 1.73. The summed E-state index contributed by atoms with van der Waals surface area (Å²) in [5, 5.41) is 5.47. The van der Waals surface area contributed by atoms with Crippen molar-refractivity contribution in [2.45, 2.75) is 13.8 Å². The fourth-order valence-electron chi connectivity index (χ4n) is 2.32. The average Bonchev–Trinajstić information content (AvgIpc) is 3.18. The van der Waals surface area contributed by atoms with Crippen molar-refractivity contribution in [1.29, 1.82) is 0 Å². The van der Waals surface area contributed by atoms with Gasteiger partial charge >= 0.3 is 0 Å². The van der Waals surface area contributed by atoms with Crippen molar-refractivity contribution in [3.8, 4) is 16.5 Å². The summed E-state index contributed by atoms with van der Waals surface area (Å²) < 4.78 is 7.45. The molecule has 0 aliphatic heterocycles. The normalized spacial score (nSPS) is 10.6. The van der Waals surface area contributed by atoms with Crippen molar-refractivity contribution in [2.24, 2.45) is 7.05 Å². The first kappa shape index (κ1) is 16.3. The van der Waals surface area contributed by atoms with Gasteiger partial charge < -0.3 is 14.6 Å². The van der Waals surface area contributed by atoms with Crippen LogP contribution in [0.5, 0.6) is 5.75 Å². The molecule has 24 heavy (non-hydrogen) atoms. The van der Waals surface area contributed by atoms with E-state index < -0.39 is 0 Å². The number of hydrogen-bond donors (Lipinski definition) is 1. The van der Waals surface area contributed by atoms with Gasteiger partial charge in [0.1, 0.15) is 16.5 Å².